The SMILES string of the molecule is CC1CCCN(CCCOc2ccc(-c3cc[n+]([O-])cc3)cc2)C1.Cc1ccc(S(=O)(=O)O)cc1.O. The molecule has 1 aliphatic heterocycles. The molecule has 3 N–H and O–H groups in total. The molecule has 1 saturated heterocycles. The van der Waals surface area contributed by atoms with E-state index in [1.165, 1.54) is 50.5 Å². The summed E-state index contributed by atoms with van der Waals surface area (Å²) in [5, 5.41) is 11.1. The largest absolute Gasteiger partial charge is 0.619 e. The normalized spacial score (nSPS) is 15.8. The average molecular weight is 517 g/mol. The van der Waals surface area contributed by atoms with Crippen LogP contribution in [0, 0.1) is 18.0 Å². The number of rotatable bonds is 7. The molecule has 1 aliphatic rings. The van der Waals surface area contributed by atoms with Crippen LogP contribution in [0.4, 0.5) is 0 Å². The van der Waals surface area contributed by atoms with Crippen molar-refractivity contribution in [2.24, 2.45) is 5.92 Å². The van der Waals surface area contributed by atoms with Crippen molar-refractivity contribution in [1.82, 2.24) is 4.90 Å². The highest BCUT2D eigenvalue weighted by molar-refractivity contribution is 7.85. The van der Waals surface area contributed by atoms with Gasteiger partial charge in [-0.1, -0.05) is 36.8 Å². The van der Waals surface area contributed by atoms with Gasteiger partial charge in [-0.2, -0.15) is 13.1 Å². The minimum Gasteiger partial charge on any atom is -0.619 e. The van der Waals surface area contributed by atoms with Gasteiger partial charge in [-0.3, -0.25) is 4.55 Å². The van der Waals surface area contributed by atoms with E-state index in [2.05, 4.69) is 11.8 Å². The minimum atomic E-state index is -4.02. The van der Waals surface area contributed by atoms with Gasteiger partial charge in [0, 0.05) is 25.2 Å². The lowest BCUT2D eigenvalue weighted by Crippen LogP contribution is -2.35. The van der Waals surface area contributed by atoms with E-state index in [1.54, 1.807) is 12.1 Å². The van der Waals surface area contributed by atoms with Gasteiger partial charge in [0.15, 0.2) is 12.4 Å². The van der Waals surface area contributed by atoms with Gasteiger partial charge in [-0.25, -0.2) is 0 Å². The summed E-state index contributed by atoms with van der Waals surface area (Å²) in [6.45, 7) is 8.53. The first-order valence-corrected chi connectivity index (χ1v) is 13.3. The molecule has 0 spiro atoms. The Balaban J connectivity index is 0.000000321. The van der Waals surface area contributed by atoms with Crippen molar-refractivity contribution in [1.29, 1.82) is 0 Å². The molecule has 1 atom stereocenters. The quantitative estimate of drug-likeness (QED) is 0.220. The van der Waals surface area contributed by atoms with Crippen LogP contribution in [0.5, 0.6) is 5.75 Å². The van der Waals surface area contributed by atoms with Crippen LogP contribution in [-0.4, -0.2) is 49.6 Å². The molecule has 0 amide bonds. The maximum absolute atomic E-state index is 11.1. The number of hydrogen-bond donors (Lipinski definition) is 1. The molecular weight excluding hydrogens is 480 g/mol. The van der Waals surface area contributed by atoms with Crippen LogP contribution in [0.15, 0.2) is 78.0 Å². The molecule has 0 radical (unpaired) electrons. The van der Waals surface area contributed by atoms with Gasteiger partial charge in [0.05, 0.1) is 11.5 Å². The van der Waals surface area contributed by atoms with Gasteiger partial charge in [0.25, 0.3) is 10.1 Å². The zero-order valence-corrected chi connectivity index (χ0v) is 21.7. The fraction of sp³-hybridized carbons (Fsp3) is 0.370. The second-order valence-corrected chi connectivity index (χ2v) is 10.4. The molecule has 1 fully saturated rings. The number of aryl methyl sites for hydroxylation is 1. The van der Waals surface area contributed by atoms with Crippen molar-refractivity contribution in [3.8, 4) is 16.9 Å². The first-order valence-electron chi connectivity index (χ1n) is 11.9. The van der Waals surface area contributed by atoms with E-state index in [0.29, 0.717) is 0 Å². The summed E-state index contributed by atoms with van der Waals surface area (Å²) in [5.41, 5.74) is 3.08. The van der Waals surface area contributed by atoms with Crippen molar-refractivity contribution in [3.63, 3.8) is 0 Å². The number of ether oxygens (including phenoxy) is 1. The zero-order chi connectivity index (χ0) is 25.3. The summed E-state index contributed by atoms with van der Waals surface area (Å²) in [4.78, 5) is 2.49. The molecule has 0 aliphatic carbocycles. The molecule has 1 unspecified atom stereocenters. The molecule has 2 heterocycles. The lowest BCUT2D eigenvalue weighted by Gasteiger charge is -2.30. The monoisotopic (exact) mass is 516 g/mol. The summed E-state index contributed by atoms with van der Waals surface area (Å²) >= 11 is 0. The molecule has 196 valence electrons. The molecule has 4 rings (SSSR count). The third kappa shape index (κ3) is 9.58. The van der Waals surface area contributed by atoms with Crippen LogP contribution in [0.3, 0.4) is 0 Å². The standard InChI is InChI=1S/C20H26N2O2.C7H8O3S.H2O/c1-17-4-2-11-21(16-17)12-3-15-24-20-7-5-18(6-8-20)19-9-13-22(23)14-10-19;1-6-2-4-7(5-3-6)11(8,9)10;/h5-10,13-14,17H,2-4,11-12,15-16H2,1H3;2-5H,1H3,(H,8,9,10);1H2. The number of piperidine rings is 1. The molecular formula is C27H36N2O6S. The first-order chi connectivity index (χ1) is 16.7. The van der Waals surface area contributed by atoms with E-state index in [1.807, 2.05) is 43.3 Å². The summed E-state index contributed by atoms with van der Waals surface area (Å²) < 4.78 is 36.2. The number of pyridine rings is 1. The molecule has 0 bridgehead atoms. The van der Waals surface area contributed by atoms with Gasteiger partial charge in [0.2, 0.25) is 0 Å². The Morgan fingerprint density at radius 3 is 2.22 bits per heavy atom. The van der Waals surface area contributed by atoms with Crippen molar-refractivity contribution < 1.29 is 27.9 Å². The average Bonchev–Trinajstić information content (AvgIpc) is 2.83. The second-order valence-electron chi connectivity index (χ2n) is 9.01. The molecule has 0 saturated carbocycles. The van der Waals surface area contributed by atoms with Crippen LogP contribution in [0.25, 0.3) is 11.1 Å². The number of benzene rings is 2. The Morgan fingerprint density at radius 2 is 1.64 bits per heavy atom. The van der Waals surface area contributed by atoms with E-state index < -0.39 is 10.1 Å². The fourth-order valence-electron chi connectivity index (χ4n) is 4.03. The van der Waals surface area contributed by atoms with Crippen molar-refractivity contribution in [3.05, 3.63) is 83.8 Å². The van der Waals surface area contributed by atoms with Crippen molar-refractivity contribution in [2.75, 3.05) is 26.2 Å². The summed E-state index contributed by atoms with van der Waals surface area (Å²) in [7, 11) is -4.02. The molecule has 3 aromatic rings. The third-order valence-corrected chi connectivity index (χ3v) is 6.80. The lowest BCUT2D eigenvalue weighted by atomic mass is 10.0. The maximum atomic E-state index is 11.1. The Morgan fingerprint density at radius 1 is 1.03 bits per heavy atom. The first kappa shape index (κ1) is 29.3. The minimum absolute atomic E-state index is 0. The fourth-order valence-corrected chi connectivity index (χ4v) is 4.51. The third-order valence-electron chi connectivity index (χ3n) is 5.94. The molecule has 8 nitrogen and oxygen atoms in total. The Bertz CT molecular complexity index is 1150. The van der Waals surface area contributed by atoms with Gasteiger partial charge in [0.1, 0.15) is 5.75 Å². The van der Waals surface area contributed by atoms with E-state index in [4.69, 9.17) is 9.29 Å². The molecule has 9 heteroatoms. The van der Waals surface area contributed by atoms with Crippen LogP contribution in [-0.2, 0) is 10.1 Å². The highest BCUT2D eigenvalue weighted by atomic mass is 32.2. The molecule has 36 heavy (non-hydrogen) atoms. The zero-order valence-electron chi connectivity index (χ0n) is 20.8. The van der Waals surface area contributed by atoms with E-state index >= 15 is 0 Å². The number of hydrogen-bond acceptors (Lipinski definition) is 5. The predicted octanol–water partition coefficient (Wildman–Crippen LogP) is 3.90. The maximum Gasteiger partial charge on any atom is 0.294 e. The number of nitrogens with zero attached hydrogens (tertiary/aromatic N) is 2. The van der Waals surface area contributed by atoms with E-state index in [-0.39, 0.29) is 10.4 Å². The number of aromatic nitrogens is 1. The Hall–Kier alpha value is -2.98. The highest BCUT2D eigenvalue weighted by Crippen LogP contribution is 2.22. The topological polar surface area (TPSA) is 125 Å². The predicted molar refractivity (Wildman–Crippen MR) is 140 cm³/mol. The Kier molecular flexibility index (Phi) is 11.3. The van der Waals surface area contributed by atoms with Gasteiger partial charge in [-0.15, -0.1) is 0 Å². The van der Waals surface area contributed by atoms with Crippen LogP contribution in [0.2, 0.25) is 0 Å². The summed E-state index contributed by atoms with van der Waals surface area (Å²) in [6, 6.07) is 17.7. The lowest BCUT2D eigenvalue weighted by molar-refractivity contribution is -0.605. The van der Waals surface area contributed by atoms with Crippen LogP contribution < -0.4 is 9.47 Å². The second kappa shape index (κ2) is 13.9. The van der Waals surface area contributed by atoms with Crippen molar-refractivity contribution >= 4 is 10.1 Å². The van der Waals surface area contributed by atoms with Crippen molar-refractivity contribution in [2.45, 2.75) is 38.0 Å². The molecule has 1 aromatic heterocycles. The Labute approximate surface area is 213 Å². The van der Waals surface area contributed by atoms with Gasteiger partial charge >= 0.3 is 0 Å². The van der Waals surface area contributed by atoms with Crippen LogP contribution in [0.1, 0.15) is 31.7 Å². The summed E-state index contributed by atoms with van der Waals surface area (Å²) in [6.07, 6.45) is 6.80. The van der Waals surface area contributed by atoms with Gasteiger partial charge in [-0.05, 0) is 74.0 Å². The van der Waals surface area contributed by atoms with E-state index in [9.17, 15) is 13.6 Å². The molecule has 2 aromatic carbocycles. The highest BCUT2D eigenvalue weighted by Gasteiger charge is 2.15. The summed E-state index contributed by atoms with van der Waals surface area (Å²) in [5.74, 6) is 1.74. The van der Waals surface area contributed by atoms with E-state index in [0.717, 1.165) is 52.7 Å². The van der Waals surface area contributed by atoms with Gasteiger partial charge < -0.3 is 20.3 Å². The number of likely N-dealkylation sites (tertiary alicyclic amines) is 1. The van der Waals surface area contributed by atoms with Crippen LogP contribution >= 0.6 is 0 Å². The smallest absolute Gasteiger partial charge is 0.294 e.